The zero-order valence-electron chi connectivity index (χ0n) is 20.7. The molecule has 0 radical (unpaired) electrons. The van der Waals surface area contributed by atoms with Crippen LogP contribution in [0.25, 0.3) is 11.1 Å². The van der Waals surface area contributed by atoms with Gasteiger partial charge in [-0.05, 0) is 53.4 Å². The van der Waals surface area contributed by atoms with Crippen LogP contribution in [0.2, 0.25) is 5.02 Å². The molecule has 5 rings (SSSR count). The fourth-order valence-electron chi connectivity index (χ4n) is 4.31. The second-order valence-corrected chi connectivity index (χ2v) is 9.14. The third kappa shape index (κ3) is 5.29. The Morgan fingerprint density at radius 3 is 2.45 bits per heavy atom. The van der Waals surface area contributed by atoms with Gasteiger partial charge in [-0.1, -0.05) is 54.1 Å². The first-order valence-electron chi connectivity index (χ1n) is 12.1. The van der Waals surface area contributed by atoms with Gasteiger partial charge in [0.05, 0.1) is 22.2 Å². The van der Waals surface area contributed by atoms with Crippen molar-refractivity contribution >= 4 is 17.9 Å². The number of halogens is 1. The summed E-state index contributed by atoms with van der Waals surface area (Å²) in [5, 5.41) is 9.63. The summed E-state index contributed by atoms with van der Waals surface area (Å²) in [5.41, 5.74) is 5.66. The molecule has 1 aliphatic rings. The predicted octanol–water partition coefficient (Wildman–Crippen LogP) is 6.93. The normalized spacial score (nSPS) is 11.9. The molecule has 0 aliphatic carbocycles. The molecule has 1 heterocycles. The number of carbonyl (C=O) groups excluding carboxylic acids is 1. The van der Waals surface area contributed by atoms with Gasteiger partial charge in [0.15, 0.2) is 17.8 Å². The molecule has 38 heavy (non-hydrogen) atoms. The lowest BCUT2D eigenvalue weighted by Crippen LogP contribution is -2.15. The molecule has 0 N–H and O–H groups in total. The summed E-state index contributed by atoms with van der Waals surface area (Å²) in [6.45, 7) is 3.52. The zero-order chi connectivity index (χ0) is 26.5. The van der Waals surface area contributed by atoms with Gasteiger partial charge in [0, 0.05) is 11.6 Å². The lowest BCUT2D eigenvalue weighted by Gasteiger charge is -2.20. The number of hydrogen-bond acceptors (Lipinski definition) is 6. The third-order valence-electron chi connectivity index (χ3n) is 6.39. The van der Waals surface area contributed by atoms with Crippen LogP contribution >= 0.6 is 11.6 Å². The van der Waals surface area contributed by atoms with E-state index in [-0.39, 0.29) is 13.2 Å². The second-order valence-electron chi connectivity index (χ2n) is 8.73. The molecule has 6 nitrogen and oxygen atoms in total. The number of nitrogens with zero attached hydrogens (tertiary/aromatic N) is 1. The Bertz CT molecular complexity index is 1540. The van der Waals surface area contributed by atoms with Crippen LogP contribution in [0.3, 0.4) is 0 Å². The average Bonchev–Trinajstić information content (AvgIpc) is 2.96. The highest BCUT2D eigenvalue weighted by Crippen LogP contribution is 2.37. The van der Waals surface area contributed by atoms with Crippen molar-refractivity contribution in [3.05, 3.63) is 106 Å². The number of nitriles is 1. The number of aldehydes is 1. The molecule has 0 fully saturated rings. The highest BCUT2D eigenvalue weighted by Gasteiger charge is 2.16. The smallest absolute Gasteiger partial charge is 0.161 e. The van der Waals surface area contributed by atoms with Gasteiger partial charge in [-0.2, -0.15) is 5.26 Å². The van der Waals surface area contributed by atoms with Gasteiger partial charge < -0.3 is 18.9 Å². The fourth-order valence-corrected chi connectivity index (χ4v) is 4.53. The van der Waals surface area contributed by atoms with E-state index < -0.39 is 0 Å². The minimum Gasteiger partial charge on any atom is -0.488 e. The van der Waals surface area contributed by atoms with E-state index in [1.54, 1.807) is 18.2 Å². The number of ether oxygens (including phenoxy) is 4. The molecule has 190 valence electrons. The van der Waals surface area contributed by atoms with Crippen molar-refractivity contribution in [2.75, 3.05) is 13.2 Å². The molecular formula is C31H24ClNO5. The second kappa shape index (κ2) is 11.3. The van der Waals surface area contributed by atoms with Crippen LogP contribution in [0.5, 0.6) is 23.0 Å². The molecule has 0 saturated carbocycles. The Morgan fingerprint density at radius 2 is 1.63 bits per heavy atom. The third-order valence-corrected chi connectivity index (χ3v) is 6.69. The summed E-state index contributed by atoms with van der Waals surface area (Å²) >= 11 is 6.44. The fraction of sp³-hybridized carbons (Fsp3) is 0.161. The van der Waals surface area contributed by atoms with Crippen LogP contribution in [-0.2, 0) is 13.2 Å². The van der Waals surface area contributed by atoms with E-state index in [9.17, 15) is 10.1 Å². The Kier molecular flexibility index (Phi) is 7.48. The molecule has 0 amide bonds. The molecule has 0 bridgehead atoms. The van der Waals surface area contributed by atoms with Crippen molar-refractivity contribution in [2.24, 2.45) is 0 Å². The molecule has 4 aromatic rings. The standard InChI is InChI=1S/C31H24ClNO5/c1-20-23(7-4-8-26(20)21-9-10-28-31(14-21)36-12-11-35-28)18-38-30-15-29(25(17-34)13-27(30)32)37-19-24-6-3-2-5-22(24)16-33/h2-10,13-15,17H,11-12,18-19H2,1H3. The molecular weight excluding hydrogens is 502 g/mol. The summed E-state index contributed by atoms with van der Waals surface area (Å²) in [4.78, 5) is 11.7. The van der Waals surface area contributed by atoms with Crippen LogP contribution < -0.4 is 18.9 Å². The van der Waals surface area contributed by atoms with Crippen molar-refractivity contribution in [3.63, 3.8) is 0 Å². The van der Waals surface area contributed by atoms with Crippen LogP contribution in [0.1, 0.15) is 32.6 Å². The van der Waals surface area contributed by atoms with E-state index in [0.29, 0.717) is 47.1 Å². The van der Waals surface area contributed by atoms with Crippen LogP contribution in [-0.4, -0.2) is 19.5 Å². The molecule has 0 aromatic heterocycles. The first-order chi connectivity index (χ1) is 18.6. The summed E-state index contributed by atoms with van der Waals surface area (Å²) in [6.07, 6.45) is 0.683. The SMILES string of the molecule is Cc1c(COc2cc(OCc3ccccc3C#N)c(C=O)cc2Cl)cccc1-c1ccc2c(c1)OCCO2. The van der Waals surface area contributed by atoms with Gasteiger partial charge >= 0.3 is 0 Å². The number of fused-ring (bicyclic) bond motifs is 1. The van der Waals surface area contributed by atoms with E-state index in [0.717, 1.165) is 39.3 Å². The average molecular weight is 526 g/mol. The molecule has 0 spiro atoms. The highest BCUT2D eigenvalue weighted by molar-refractivity contribution is 6.32. The van der Waals surface area contributed by atoms with Crippen LogP contribution in [0, 0.1) is 18.3 Å². The first kappa shape index (κ1) is 25.2. The van der Waals surface area contributed by atoms with E-state index in [2.05, 4.69) is 12.1 Å². The van der Waals surface area contributed by atoms with Crippen molar-refractivity contribution in [2.45, 2.75) is 20.1 Å². The van der Waals surface area contributed by atoms with Crippen molar-refractivity contribution in [1.82, 2.24) is 0 Å². The lowest BCUT2D eigenvalue weighted by molar-refractivity contribution is 0.111. The van der Waals surface area contributed by atoms with E-state index >= 15 is 0 Å². The minimum absolute atomic E-state index is 0.127. The number of rotatable bonds is 8. The molecule has 7 heteroatoms. The van der Waals surface area contributed by atoms with Crippen molar-refractivity contribution in [1.29, 1.82) is 5.26 Å². The van der Waals surface area contributed by atoms with Crippen molar-refractivity contribution in [3.8, 4) is 40.2 Å². The summed E-state index contributed by atoms with van der Waals surface area (Å²) < 4.78 is 23.4. The van der Waals surface area contributed by atoms with Gasteiger partial charge in [-0.25, -0.2) is 0 Å². The number of hydrogen-bond donors (Lipinski definition) is 0. The summed E-state index contributed by atoms with van der Waals surface area (Å²) in [7, 11) is 0. The predicted molar refractivity (Wildman–Crippen MR) is 144 cm³/mol. The van der Waals surface area contributed by atoms with Crippen molar-refractivity contribution < 1.29 is 23.7 Å². The highest BCUT2D eigenvalue weighted by atomic mass is 35.5. The zero-order valence-corrected chi connectivity index (χ0v) is 21.5. The summed E-state index contributed by atoms with van der Waals surface area (Å²) in [5.74, 6) is 2.21. The quantitative estimate of drug-likeness (QED) is 0.232. The first-order valence-corrected chi connectivity index (χ1v) is 12.5. The Balaban J connectivity index is 1.36. The van der Waals surface area contributed by atoms with E-state index in [1.165, 1.54) is 6.07 Å². The van der Waals surface area contributed by atoms with Gasteiger partial charge in [0.25, 0.3) is 0 Å². The van der Waals surface area contributed by atoms with Crippen LogP contribution in [0.4, 0.5) is 0 Å². The van der Waals surface area contributed by atoms with Gasteiger partial charge in [0.2, 0.25) is 0 Å². The molecule has 0 saturated heterocycles. The Hall–Kier alpha value is -4.47. The maximum absolute atomic E-state index is 11.7. The number of carbonyl (C=O) groups is 1. The minimum atomic E-state index is 0.127. The molecule has 0 atom stereocenters. The van der Waals surface area contributed by atoms with Gasteiger partial charge in [0.1, 0.15) is 37.9 Å². The van der Waals surface area contributed by atoms with Gasteiger partial charge in [-0.3, -0.25) is 4.79 Å². The number of benzene rings is 4. The molecule has 4 aromatic carbocycles. The lowest BCUT2D eigenvalue weighted by atomic mass is 9.96. The topological polar surface area (TPSA) is 77.8 Å². The Morgan fingerprint density at radius 1 is 0.895 bits per heavy atom. The largest absolute Gasteiger partial charge is 0.488 e. The monoisotopic (exact) mass is 525 g/mol. The van der Waals surface area contributed by atoms with Gasteiger partial charge in [-0.15, -0.1) is 0 Å². The van der Waals surface area contributed by atoms with E-state index in [1.807, 2.05) is 49.4 Å². The van der Waals surface area contributed by atoms with Crippen LogP contribution in [0.15, 0.2) is 72.8 Å². The summed E-state index contributed by atoms with van der Waals surface area (Å²) in [6, 6.07) is 24.4. The maximum Gasteiger partial charge on any atom is 0.161 e. The molecule has 1 aliphatic heterocycles. The Labute approximate surface area is 225 Å². The van der Waals surface area contributed by atoms with E-state index in [4.69, 9.17) is 30.5 Å². The maximum atomic E-state index is 11.7. The molecule has 0 unspecified atom stereocenters.